The number of rotatable bonds is 3. The Balaban J connectivity index is 2.11. The zero-order valence-corrected chi connectivity index (χ0v) is 11.3. The normalized spacial score (nSPS) is 24.4. The highest BCUT2D eigenvalue weighted by molar-refractivity contribution is 5.35. The average Bonchev–Trinajstić information content (AvgIpc) is 2.34. The van der Waals surface area contributed by atoms with Crippen LogP contribution in [0.2, 0.25) is 0 Å². The minimum atomic E-state index is -0.750. The fourth-order valence-corrected chi connectivity index (χ4v) is 2.68. The van der Waals surface area contributed by atoms with Gasteiger partial charge in [-0.2, -0.15) is 4.39 Å². The van der Waals surface area contributed by atoms with Gasteiger partial charge in [-0.05, 0) is 43.9 Å². The maximum absolute atomic E-state index is 13.6. The molecule has 2 unspecified atom stereocenters. The van der Waals surface area contributed by atoms with Crippen molar-refractivity contribution in [2.75, 3.05) is 6.54 Å². The van der Waals surface area contributed by atoms with Crippen molar-refractivity contribution < 1.29 is 9.31 Å². The van der Waals surface area contributed by atoms with E-state index in [0.717, 1.165) is 18.5 Å². The van der Waals surface area contributed by atoms with E-state index >= 15 is 0 Å². The van der Waals surface area contributed by atoms with E-state index in [1.54, 1.807) is 6.07 Å². The lowest BCUT2D eigenvalue weighted by molar-refractivity contribution is -0.387. The van der Waals surface area contributed by atoms with Crippen LogP contribution in [0.15, 0.2) is 18.2 Å². The summed E-state index contributed by atoms with van der Waals surface area (Å²) in [4.78, 5) is 12.2. The first-order valence-electron chi connectivity index (χ1n) is 6.66. The van der Waals surface area contributed by atoms with Gasteiger partial charge in [0, 0.05) is 18.7 Å². The molecule has 19 heavy (non-hydrogen) atoms. The molecule has 1 aromatic rings. The highest BCUT2D eigenvalue weighted by atomic mass is 19.1. The summed E-state index contributed by atoms with van der Waals surface area (Å²) >= 11 is 0. The second-order valence-electron chi connectivity index (χ2n) is 5.37. The van der Waals surface area contributed by atoms with E-state index in [9.17, 15) is 14.5 Å². The molecule has 4 nitrogen and oxygen atoms in total. The Morgan fingerprint density at radius 3 is 2.84 bits per heavy atom. The Bertz CT molecular complexity index is 479. The number of hydrogen-bond donors (Lipinski definition) is 0. The minimum Gasteiger partial charge on any atom is -0.296 e. The predicted molar refractivity (Wildman–Crippen MR) is 71.3 cm³/mol. The summed E-state index contributed by atoms with van der Waals surface area (Å²) in [6.45, 7) is 6.07. The molecular weight excluding hydrogens is 247 g/mol. The molecule has 1 saturated heterocycles. The number of likely N-dealkylation sites (tertiary alicyclic amines) is 1. The van der Waals surface area contributed by atoms with E-state index in [0.29, 0.717) is 18.5 Å². The fourth-order valence-electron chi connectivity index (χ4n) is 2.68. The van der Waals surface area contributed by atoms with Crippen molar-refractivity contribution in [3.05, 3.63) is 39.7 Å². The van der Waals surface area contributed by atoms with Crippen molar-refractivity contribution in [1.82, 2.24) is 4.90 Å². The summed E-state index contributed by atoms with van der Waals surface area (Å²) in [6.07, 6.45) is 2.38. The van der Waals surface area contributed by atoms with Crippen LogP contribution in [0.3, 0.4) is 0 Å². The first kappa shape index (κ1) is 13.9. The molecule has 5 heteroatoms. The maximum atomic E-state index is 13.6. The van der Waals surface area contributed by atoms with Gasteiger partial charge in [0.2, 0.25) is 5.82 Å². The zero-order chi connectivity index (χ0) is 14.0. The van der Waals surface area contributed by atoms with E-state index < -0.39 is 16.4 Å². The number of piperidine rings is 1. The second-order valence-corrected chi connectivity index (χ2v) is 5.37. The Hall–Kier alpha value is -1.49. The van der Waals surface area contributed by atoms with Gasteiger partial charge >= 0.3 is 5.69 Å². The summed E-state index contributed by atoms with van der Waals surface area (Å²) in [6, 6.07) is 4.65. The molecule has 1 aliphatic heterocycles. The van der Waals surface area contributed by atoms with Crippen molar-refractivity contribution in [1.29, 1.82) is 0 Å². The quantitative estimate of drug-likeness (QED) is 0.622. The Kier molecular flexibility index (Phi) is 4.14. The zero-order valence-electron chi connectivity index (χ0n) is 11.3. The SMILES string of the molecule is CC1CCCN(Cc2ccc([N+](=O)[O-])c(F)c2)C1C. The molecule has 0 amide bonds. The summed E-state index contributed by atoms with van der Waals surface area (Å²) in [5, 5.41) is 10.6. The van der Waals surface area contributed by atoms with Crippen LogP contribution in [0.4, 0.5) is 10.1 Å². The van der Waals surface area contributed by atoms with Gasteiger partial charge < -0.3 is 0 Å². The van der Waals surface area contributed by atoms with E-state index in [-0.39, 0.29) is 0 Å². The molecule has 0 saturated carbocycles. The van der Waals surface area contributed by atoms with Gasteiger partial charge in [-0.25, -0.2) is 0 Å². The molecule has 0 spiro atoms. The summed E-state index contributed by atoms with van der Waals surface area (Å²) in [5.41, 5.74) is 0.341. The van der Waals surface area contributed by atoms with Crippen LogP contribution in [-0.4, -0.2) is 22.4 Å². The lowest BCUT2D eigenvalue weighted by Crippen LogP contribution is -2.41. The van der Waals surface area contributed by atoms with E-state index in [1.807, 2.05) is 0 Å². The lowest BCUT2D eigenvalue weighted by Gasteiger charge is -2.37. The van der Waals surface area contributed by atoms with Gasteiger partial charge in [-0.1, -0.05) is 13.0 Å². The van der Waals surface area contributed by atoms with Crippen molar-refractivity contribution in [2.24, 2.45) is 5.92 Å². The second kappa shape index (κ2) is 5.65. The van der Waals surface area contributed by atoms with Crippen molar-refractivity contribution in [3.8, 4) is 0 Å². The number of nitro benzene ring substituents is 1. The van der Waals surface area contributed by atoms with E-state index in [2.05, 4.69) is 18.7 Å². The third-order valence-electron chi connectivity index (χ3n) is 4.10. The number of halogens is 1. The van der Waals surface area contributed by atoms with E-state index in [4.69, 9.17) is 0 Å². The molecule has 0 radical (unpaired) electrons. The molecule has 0 bridgehead atoms. The standard InChI is InChI=1S/C14H19FN2O2/c1-10-4-3-7-16(11(10)2)9-12-5-6-14(17(18)19)13(15)8-12/h5-6,8,10-11H,3-4,7,9H2,1-2H3. The smallest absolute Gasteiger partial charge is 0.296 e. The average molecular weight is 266 g/mol. The first-order valence-corrected chi connectivity index (χ1v) is 6.66. The molecule has 104 valence electrons. The van der Waals surface area contributed by atoms with Gasteiger partial charge in [-0.3, -0.25) is 15.0 Å². The summed E-state index contributed by atoms with van der Waals surface area (Å²) in [5.74, 6) is -0.114. The molecule has 1 aliphatic rings. The molecule has 0 aromatic heterocycles. The fraction of sp³-hybridized carbons (Fsp3) is 0.571. The summed E-state index contributed by atoms with van der Waals surface area (Å²) < 4.78 is 13.6. The van der Waals surface area contributed by atoms with Crippen LogP contribution in [-0.2, 0) is 6.54 Å². The van der Waals surface area contributed by atoms with Crippen LogP contribution in [0.25, 0.3) is 0 Å². The number of nitro groups is 1. The molecule has 0 aliphatic carbocycles. The predicted octanol–water partition coefficient (Wildman–Crippen LogP) is 3.35. The Morgan fingerprint density at radius 1 is 1.47 bits per heavy atom. The molecule has 2 rings (SSSR count). The van der Waals surface area contributed by atoms with Gasteiger partial charge in [-0.15, -0.1) is 0 Å². The molecule has 1 heterocycles. The largest absolute Gasteiger partial charge is 0.304 e. The maximum Gasteiger partial charge on any atom is 0.304 e. The Morgan fingerprint density at radius 2 is 2.21 bits per heavy atom. The van der Waals surface area contributed by atoms with Gasteiger partial charge in [0.05, 0.1) is 4.92 Å². The molecule has 1 aromatic carbocycles. The van der Waals surface area contributed by atoms with Crippen LogP contribution < -0.4 is 0 Å². The molecule has 0 N–H and O–H groups in total. The van der Waals surface area contributed by atoms with Crippen molar-refractivity contribution in [2.45, 2.75) is 39.3 Å². The molecular formula is C14H19FN2O2. The number of hydrogen-bond acceptors (Lipinski definition) is 3. The van der Waals surface area contributed by atoms with Gasteiger partial charge in [0.25, 0.3) is 0 Å². The first-order chi connectivity index (χ1) is 8.99. The number of nitrogens with zero attached hydrogens (tertiary/aromatic N) is 2. The highest BCUT2D eigenvalue weighted by Gasteiger charge is 2.25. The van der Waals surface area contributed by atoms with Crippen molar-refractivity contribution >= 4 is 5.69 Å². The molecule has 2 atom stereocenters. The molecule has 1 fully saturated rings. The number of benzene rings is 1. The third-order valence-corrected chi connectivity index (χ3v) is 4.10. The minimum absolute atomic E-state index is 0.455. The van der Waals surface area contributed by atoms with Crippen LogP contribution >= 0.6 is 0 Å². The lowest BCUT2D eigenvalue weighted by atomic mass is 9.92. The Labute approximate surface area is 112 Å². The topological polar surface area (TPSA) is 46.4 Å². The van der Waals surface area contributed by atoms with Crippen LogP contribution in [0.1, 0.15) is 32.3 Å². The van der Waals surface area contributed by atoms with Crippen LogP contribution in [0.5, 0.6) is 0 Å². The van der Waals surface area contributed by atoms with Crippen molar-refractivity contribution in [3.63, 3.8) is 0 Å². The summed E-state index contributed by atoms with van der Waals surface area (Å²) in [7, 11) is 0. The van der Waals surface area contributed by atoms with E-state index in [1.165, 1.54) is 18.6 Å². The monoisotopic (exact) mass is 266 g/mol. The third kappa shape index (κ3) is 3.10. The van der Waals surface area contributed by atoms with Crippen LogP contribution in [0, 0.1) is 21.8 Å². The highest BCUT2D eigenvalue weighted by Crippen LogP contribution is 2.25. The van der Waals surface area contributed by atoms with Gasteiger partial charge in [0.1, 0.15) is 0 Å². The van der Waals surface area contributed by atoms with Gasteiger partial charge in [0.15, 0.2) is 0 Å².